The van der Waals surface area contributed by atoms with Crippen LogP contribution >= 0.6 is 15.9 Å². The molecule has 2 aromatic rings. The van der Waals surface area contributed by atoms with Crippen LogP contribution in [0.5, 0.6) is 0 Å². The van der Waals surface area contributed by atoms with E-state index in [1.807, 2.05) is 24.3 Å². The number of nitro groups is 1. The number of nitrogens with zero attached hydrogens (tertiary/aromatic N) is 1. The van der Waals surface area contributed by atoms with E-state index in [0.29, 0.717) is 6.42 Å². The van der Waals surface area contributed by atoms with Gasteiger partial charge in [-0.05, 0) is 28.8 Å². The van der Waals surface area contributed by atoms with E-state index in [1.54, 1.807) is 12.1 Å². The lowest BCUT2D eigenvalue weighted by Crippen LogP contribution is -1.93. The third-order valence-electron chi connectivity index (χ3n) is 3.08. The second-order valence-corrected chi connectivity index (χ2v) is 4.95. The molecule has 84 valence electrons. The van der Waals surface area contributed by atoms with E-state index < -0.39 is 0 Å². The van der Waals surface area contributed by atoms with Crippen LogP contribution in [0.15, 0.2) is 40.9 Å². The molecule has 0 atom stereocenters. The van der Waals surface area contributed by atoms with Gasteiger partial charge in [-0.2, -0.15) is 0 Å². The Balaban J connectivity index is 2.27. The van der Waals surface area contributed by atoms with Crippen LogP contribution in [0.3, 0.4) is 0 Å². The lowest BCUT2D eigenvalue weighted by atomic mass is 10.1. The van der Waals surface area contributed by atoms with Gasteiger partial charge in [-0.25, -0.2) is 0 Å². The molecule has 0 aromatic heterocycles. The first-order valence-corrected chi connectivity index (χ1v) is 6.01. The summed E-state index contributed by atoms with van der Waals surface area (Å²) in [4.78, 5) is 10.7. The van der Waals surface area contributed by atoms with Gasteiger partial charge in [0.1, 0.15) is 0 Å². The summed E-state index contributed by atoms with van der Waals surface area (Å²) < 4.78 is 0.996. The molecule has 0 radical (unpaired) electrons. The molecule has 0 fully saturated rings. The summed E-state index contributed by atoms with van der Waals surface area (Å²) in [5.41, 5.74) is 4.27. The first-order chi connectivity index (χ1) is 8.16. The maximum absolute atomic E-state index is 11.0. The fraction of sp³-hybridized carbons (Fsp3) is 0.0769. The van der Waals surface area contributed by atoms with E-state index in [9.17, 15) is 10.1 Å². The minimum atomic E-state index is -0.306. The summed E-state index contributed by atoms with van der Waals surface area (Å²) in [7, 11) is 0. The Morgan fingerprint density at radius 3 is 2.76 bits per heavy atom. The average Bonchev–Trinajstić information content (AvgIpc) is 2.66. The number of nitro benzene ring substituents is 1. The zero-order chi connectivity index (χ0) is 12.0. The molecule has 3 rings (SSSR count). The van der Waals surface area contributed by atoms with Gasteiger partial charge >= 0.3 is 0 Å². The molecule has 0 N–H and O–H groups in total. The van der Waals surface area contributed by atoms with E-state index in [1.165, 1.54) is 0 Å². The Hall–Kier alpha value is -1.68. The first-order valence-electron chi connectivity index (χ1n) is 5.22. The van der Waals surface area contributed by atoms with Gasteiger partial charge in [0.05, 0.1) is 4.92 Å². The van der Waals surface area contributed by atoms with Gasteiger partial charge < -0.3 is 0 Å². The Morgan fingerprint density at radius 2 is 2.00 bits per heavy atom. The molecule has 0 saturated heterocycles. The van der Waals surface area contributed by atoms with Crippen LogP contribution < -0.4 is 0 Å². The summed E-state index contributed by atoms with van der Waals surface area (Å²) in [6, 6.07) is 11.3. The average molecular weight is 290 g/mol. The SMILES string of the molecule is O=[N+]([O-])c1cccc2c1Cc1ccc(Br)cc1-2. The number of hydrogen-bond donors (Lipinski definition) is 0. The molecule has 0 unspecified atom stereocenters. The highest BCUT2D eigenvalue weighted by Crippen LogP contribution is 2.41. The van der Waals surface area contributed by atoms with Crippen LogP contribution in [0.4, 0.5) is 5.69 Å². The molecule has 3 nitrogen and oxygen atoms in total. The maximum Gasteiger partial charge on any atom is 0.273 e. The van der Waals surface area contributed by atoms with Crippen molar-refractivity contribution in [1.29, 1.82) is 0 Å². The Morgan fingerprint density at radius 1 is 1.18 bits per heavy atom. The van der Waals surface area contributed by atoms with Crippen LogP contribution in [0.1, 0.15) is 11.1 Å². The molecule has 1 aliphatic rings. The highest BCUT2D eigenvalue weighted by molar-refractivity contribution is 9.10. The molecule has 0 spiro atoms. The highest BCUT2D eigenvalue weighted by Gasteiger charge is 2.25. The minimum Gasteiger partial charge on any atom is -0.258 e. The van der Waals surface area contributed by atoms with E-state index in [2.05, 4.69) is 15.9 Å². The quantitative estimate of drug-likeness (QED) is 0.503. The zero-order valence-corrected chi connectivity index (χ0v) is 10.4. The molecule has 4 heteroatoms. The first kappa shape index (κ1) is 10.5. The summed E-state index contributed by atoms with van der Waals surface area (Å²) in [6.45, 7) is 0. The third kappa shape index (κ3) is 1.56. The summed E-state index contributed by atoms with van der Waals surface area (Å²) in [6.07, 6.45) is 0.648. The van der Waals surface area contributed by atoms with Gasteiger partial charge in [0.2, 0.25) is 0 Å². The van der Waals surface area contributed by atoms with Crippen LogP contribution in [0.25, 0.3) is 11.1 Å². The second kappa shape index (κ2) is 3.67. The Kier molecular flexibility index (Phi) is 2.26. The Labute approximate surface area is 106 Å². The van der Waals surface area contributed by atoms with Gasteiger partial charge in [-0.1, -0.05) is 34.1 Å². The number of hydrogen-bond acceptors (Lipinski definition) is 2. The number of rotatable bonds is 1. The predicted molar refractivity (Wildman–Crippen MR) is 69.0 cm³/mol. The fourth-order valence-electron chi connectivity index (χ4n) is 2.33. The third-order valence-corrected chi connectivity index (χ3v) is 3.57. The fourth-order valence-corrected chi connectivity index (χ4v) is 2.69. The summed E-state index contributed by atoms with van der Waals surface area (Å²) in [5, 5.41) is 11.0. The monoisotopic (exact) mass is 289 g/mol. The number of benzene rings is 2. The Bertz CT molecular complexity index is 637. The number of fused-ring (bicyclic) bond motifs is 3. The van der Waals surface area contributed by atoms with E-state index in [0.717, 1.165) is 26.7 Å². The largest absolute Gasteiger partial charge is 0.273 e. The highest BCUT2D eigenvalue weighted by atomic mass is 79.9. The molecule has 0 bridgehead atoms. The molecule has 0 aliphatic heterocycles. The van der Waals surface area contributed by atoms with Crippen molar-refractivity contribution in [2.45, 2.75) is 6.42 Å². The predicted octanol–water partition coefficient (Wildman–Crippen LogP) is 3.93. The van der Waals surface area contributed by atoms with Gasteiger partial charge in [-0.15, -0.1) is 0 Å². The zero-order valence-electron chi connectivity index (χ0n) is 8.81. The van der Waals surface area contributed by atoms with Crippen molar-refractivity contribution in [3.63, 3.8) is 0 Å². The number of halogens is 1. The summed E-state index contributed by atoms with van der Waals surface area (Å²) >= 11 is 3.43. The molecule has 0 heterocycles. The molecule has 1 aliphatic carbocycles. The van der Waals surface area contributed by atoms with Gasteiger partial charge in [0, 0.05) is 22.5 Å². The molecular weight excluding hydrogens is 282 g/mol. The van der Waals surface area contributed by atoms with Gasteiger partial charge in [-0.3, -0.25) is 10.1 Å². The van der Waals surface area contributed by atoms with Crippen molar-refractivity contribution in [1.82, 2.24) is 0 Å². The van der Waals surface area contributed by atoms with Crippen molar-refractivity contribution < 1.29 is 4.92 Å². The van der Waals surface area contributed by atoms with Crippen molar-refractivity contribution in [2.24, 2.45) is 0 Å². The summed E-state index contributed by atoms with van der Waals surface area (Å²) in [5.74, 6) is 0. The van der Waals surface area contributed by atoms with Crippen molar-refractivity contribution in [3.05, 3.63) is 62.1 Å². The normalized spacial score (nSPS) is 12.1. The maximum atomic E-state index is 11.0. The van der Waals surface area contributed by atoms with Crippen LogP contribution in [0.2, 0.25) is 0 Å². The molecule has 0 amide bonds. The van der Waals surface area contributed by atoms with Crippen LogP contribution in [0, 0.1) is 10.1 Å². The minimum absolute atomic E-state index is 0.217. The van der Waals surface area contributed by atoms with Crippen molar-refractivity contribution in [2.75, 3.05) is 0 Å². The molecule has 0 saturated carbocycles. The van der Waals surface area contributed by atoms with E-state index >= 15 is 0 Å². The molecule has 2 aromatic carbocycles. The standard InChI is InChI=1S/C13H8BrNO2/c14-9-5-4-8-6-12-10(11(8)7-9)2-1-3-13(12)15(16)17/h1-5,7H,6H2. The topological polar surface area (TPSA) is 43.1 Å². The lowest BCUT2D eigenvalue weighted by Gasteiger charge is -2.01. The van der Waals surface area contributed by atoms with Gasteiger partial charge in [0.15, 0.2) is 0 Å². The van der Waals surface area contributed by atoms with Crippen LogP contribution in [-0.2, 0) is 6.42 Å². The molecule has 17 heavy (non-hydrogen) atoms. The lowest BCUT2D eigenvalue weighted by molar-refractivity contribution is -0.385. The smallest absolute Gasteiger partial charge is 0.258 e. The van der Waals surface area contributed by atoms with Gasteiger partial charge in [0.25, 0.3) is 5.69 Å². The van der Waals surface area contributed by atoms with Crippen molar-refractivity contribution >= 4 is 21.6 Å². The van der Waals surface area contributed by atoms with Crippen molar-refractivity contribution in [3.8, 4) is 11.1 Å². The van der Waals surface area contributed by atoms with Crippen LogP contribution in [-0.4, -0.2) is 4.92 Å². The van der Waals surface area contributed by atoms with E-state index in [-0.39, 0.29) is 10.6 Å². The molecular formula is C13H8BrNO2. The second-order valence-electron chi connectivity index (χ2n) is 4.04. The van der Waals surface area contributed by atoms with E-state index in [4.69, 9.17) is 0 Å².